The number of rotatable bonds is 8. The molecule has 0 aliphatic carbocycles. The van der Waals surface area contributed by atoms with E-state index in [0.717, 1.165) is 32.1 Å². The Kier molecular flexibility index (Phi) is 6.54. The first-order valence-corrected chi connectivity index (χ1v) is 15.0. The summed E-state index contributed by atoms with van der Waals surface area (Å²) in [4.78, 5) is 0. The quantitative estimate of drug-likeness (QED) is 0.175. The molecule has 0 aliphatic heterocycles. The van der Waals surface area contributed by atoms with Gasteiger partial charge in [-0.15, -0.1) is 0 Å². The zero-order valence-electron chi connectivity index (χ0n) is 21.4. The van der Waals surface area contributed by atoms with Gasteiger partial charge in [0.15, 0.2) is 0 Å². The van der Waals surface area contributed by atoms with Crippen LogP contribution in [0.25, 0.3) is 21.5 Å². The number of hydrogen-bond acceptors (Lipinski definition) is 4. The van der Waals surface area contributed by atoms with E-state index < -0.39 is 7.06 Å². The van der Waals surface area contributed by atoms with Crippen LogP contribution in [0.15, 0.2) is 140 Å². The molecule has 0 saturated heterocycles. The average Bonchev–Trinajstić information content (AvgIpc) is 3.02. The molecule has 0 saturated carbocycles. The summed E-state index contributed by atoms with van der Waals surface area (Å²) in [5.41, 5.74) is 0. The summed E-state index contributed by atoms with van der Waals surface area (Å²) in [5.74, 6) is 0.394. The number of fused-ring (bicyclic) bond motifs is 3. The van der Waals surface area contributed by atoms with Crippen molar-refractivity contribution in [3.05, 3.63) is 140 Å². The summed E-state index contributed by atoms with van der Waals surface area (Å²) in [6.45, 7) is -0.166. The minimum absolute atomic E-state index is 0.0305. The summed E-state index contributed by atoms with van der Waals surface area (Å²) in [6, 6.07) is 45.5. The van der Waals surface area contributed by atoms with Crippen LogP contribution in [0, 0.1) is 0 Å². The first-order valence-electron chi connectivity index (χ1n) is 13.0. The van der Waals surface area contributed by atoms with E-state index in [-0.39, 0.29) is 19.0 Å². The third-order valence-electron chi connectivity index (χ3n) is 7.23. The molecule has 6 aromatic rings. The predicted octanol–water partition coefficient (Wildman–Crippen LogP) is 6.45. The van der Waals surface area contributed by atoms with Crippen LogP contribution in [0.1, 0.15) is 0 Å². The molecule has 194 valence electrons. The summed E-state index contributed by atoms with van der Waals surface area (Å²) < 4.78 is 14.4. The molecule has 0 atom stereocenters. The van der Waals surface area contributed by atoms with Gasteiger partial charge in [0, 0.05) is 0 Å². The molecule has 0 fully saturated rings. The van der Waals surface area contributed by atoms with Crippen LogP contribution in [-0.4, -0.2) is 23.4 Å². The van der Waals surface area contributed by atoms with Gasteiger partial charge in [-0.05, 0) is 0 Å². The fraction of sp³-hybridized carbons (Fsp3) is 0.0588. The molecule has 39 heavy (non-hydrogen) atoms. The van der Waals surface area contributed by atoms with Crippen molar-refractivity contribution in [1.82, 2.24) is 0 Å². The van der Waals surface area contributed by atoms with Gasteiger partial charge in [0.2, 0.25) is 0 Å². The second-order valence-electron chi connectivity index (χ2n) is 9.38. The molecular weight excluding hydrogens is 503 g/mol. The normalized spacial score (nSPS) is 12.7. The molecule has 4 nitrogen and oxygen atoms in total. The molecule has 0 amide bonds. The summed E-state index contributed by atoms with van der Waals surface area (Å²) in [5, 5.41) is 27.8. The van der Waals surface area contributed by atoms with Crippen molar-refractivity contribution >= 4 is 44.5 Å². The van der Waals surface area contributed by atoms with Gasteiger partial charge in [-0.3, -0.25) is 0 Å². The van der Waals surface area contributed by atoms with E-state index in [2.05, 4.69) is 0 Å². The Morgan fingerprint density at radius 2 is 0.872 bits per heavy atom. The van der Waals surface area contributed by atoms with E-state index in [0.29, 0.717) is 11.1 Å². The fourth-order valence-electron chi connectivity index (χ4n) is 5.52. The SMILES string of the molecule is OCCOP(Oc1c(O)c2ccccc2c2ccccc12)(c1ccccc1)(c1ccccc1)c1ccccc1. The molecule has 0 bridgehead atoms. The number of phenols is 1. The molecule has 0 spiro atoms. The second kappa shape index (κ2) is 10.2. The Hall–Kier alpha value is -4.21. The van der Waals surface area contributed by atoms with Gasteiger partial charge in [0.05, 0.1) is 0 Å². The number of aromatic hydroxyl groups is 1. The van der Waals surface area contributed by atoms with E-state index >= 15 is 0 Å². The number of benzene rings is 6. The molecule has 0 aliphatic rings. The van der Waals surface area contributed by atoms with Gasteiger partial charge in [-0.25, -0.2) is 0 Å². The van der Waals surface area contributed by atoms with E-state index in [1.54, 1.807) is 0 Å². The topological polar surface area (TPSA) is 58.9 Å². The Bertz CT molecular complexity index is 1640. The zero-order valence-corrected chi connectivity index (χ0v) is 22.2. The third kappa shape index (κ3) is 3.88. The molecule has 5 heteroatoms. The molecular formula is C34H29O4P. The molecule has 0 heterocycles. The first kappa shape index (κ1) is 25.1. The van der Waals surface area contributed by atoms with Crippen LogP contribution in [0.2, 0.25) is 0 Å². The minimum atomic E-state index is -4.32. The molecule has 0 unspecified atom stereocenters. The number of aliphatic hydroxyl groups excluding tert-OH is 1. The van der Waals surface area contributed by atoms with Crippen LogP contribution >= 0.6 is 7.06 Å². The van der Waals surface area contributed by atoms with Crippen molar-refractivity contribution in [3.63, 3.8) is 0 Å². The van der Waals surface area contributed by atoms with Gasteiger partial charge < -0.3 is 0 Å². The maximum atomic E-state index is 11.9. The van der Waals surface area contributed by atoms with Gasteiger partial charge in [0.25, 0.3) is 0 Å². The summed E-state index contributed by atoms with van der Waals surface area (Å²) in [6.07, 6.45) is 0. The summed E-state index contributed by atoms with van der Waals surface area (Å²) >= 11 is 0. The van der Waals surface area contributed by atoms with E-state index in [9.17, 15) is 10.2 Å². The van der Waals surface area contributed by atoms with Gasteiger partial charge in [0.1, 0.15) is 0 Å². The molecule has 2 N–H and O–H groups in total. The Balaban J connectivity index is 1.81. The average molecular weight is 533 g/mol. The van der Waals surface area contributed by atoms with E-state index in [1.165, 1.54) is 0 Å². The second-order valence-corrected chi connectivity index (χ2v) is 13.3. The first-order chi connectivity index (χ1) is 19.2. The van der Waals surface area contributed by atoms with Crippen LogP contribution in [0.4, 0.5) is 0 Å². The maximum absolute atomic E-state index is 11.9. The number of hydrogen-bond donors (Lipinski definition) is 2. The number of phenolic OH excluding ortho intramolecular Hbond substituents is 1. The van der Waals surface area contributed by atoms with Crippen molar-refractivity contribution in [2.24, 2.45) is 0 Å². The number of aliphatic hydroxyl groups is 1. The van der Waals surface area contributed by atoms with Crippen molar-refractivity contribution in [2.75, 3.05) is 13.2 Å². The van der Waals surface area contributed by atoms with Gasteiger partial charge >= 0.3 is 228 Å². The Labute approximate surface area is 227 Å². The van der Waals surface area contributed by atoms with Crippen LogP contribution in [0.5, 0.6) is 11.5 Å². The van der Waals surface area contributed by atoms with Crippen molar-refractivity contribution in [1.29, 1.82) is 0 Å². The standard InChI is InChI=1S/C34H29O4P/c35-24-25-37-39(26-14-4-1-5-15-26,27-16-6-2-7-17-27,28-18-8-3-9-19-28)38-34-32-23-13-11-21-30(32)29-20-10-12-22-31(29)33(34)36/h1-23,35-36H,24-25H2. The molecule has 0 aromatic heterocycles. The predicted molar refractivity (Wildman–Crippen MR) is 162 cm³/mol. The Morgan fingerprint density at radius 1 is 0.487 bits per heavy atom. The van der Waals surface area contributed by atoms with Crippen LogP contribution in [0.3, 0.4) is 0 Å². The van der Waals surface area contributed by atoms with Crippen molar-refractivity contribution in [3.8, 4) is 11.5 Å². The van der Waals surface area contributed by atoms with Crippen molar-refractivity contribution < 1.29 is 19.3 Å². The van der Waals surface area contributed by atoms with Crippen LogP contribution < -0.4 is 20.4 Å². The Morgan fingerprint density at radius 3 is 1.33 bits per heavy atom. The zero-order chi connectivity index (χ0) is 26.7. The van der Waals surface area contributed by atoms with Crippen LogP contribution in [-0.2, 0) is 4.52 Å². The monoisotopic (exact) mass is 532 g/mol. The van der Waals surface area contributed by atoms with Gasteiger partial charge in [-0.1, -0.05) is 0 Å². The molecule has 6 rings (SSSR count). The molecule has 6 aromatic carbocycles. The summed E-state index contributed by atoms with van der Waals surface area (Å²) in [7, 11) is -4.32. The van der Waals surface area contributed by atoms with Gasteiger partial charge in [-0.2, -0.15) is 0 Å². The third-order valence-corrected chi connectivity index (χ3v) is 12.1. The van der Waals surface area contributed by atoms with E-state index in [1.807, 2.05) is 140 Å². The van der Waals surface area contributed by atoms with Crippen molar-refractivity contribution in [2.45, 2.75) is 0 Å². The van der Waals surface area contributed by atoms with E-state index in [4.69, 9.17) is 9.05 Å². The molecule has 0 radical (unpaired) electrons. The fourth-order valence-corrected chi connectivity index (χ4v) is 10.3.